The van der Waals surface area contributed by atoms with Crippen molar-refractivity contribution in [3.8, 4) is 0 Å². The fourth-order valence-electron chi connectivity index (χ4n) is 2.08. The fourth-order valence-corrected chi connectivity index (χ4v) is 3.36. The Morgan fingerprint density at radius 2 is 2.27 bits per heavy atom. The van der Waals surface area contributed by atoms with Crippen LogP contribution >= 0.6 is 11.8 Å². The quantitative estimate of drug-likeness (QED) is 0.859. The van der Waals surface area contributed by atoms with E-state index in [4.69, 9.17) is 4.42 Å². The number of aromatic nitrogens is 1. The van der Waals surface area contributed by atoms with Gasteiger partial charge in [0.15, 0.2) is 0 Å². The summed E-state index contributed by atoms with van der Waals surface area (Å²) in [6, 6.07) is 0.607. The number of aryl methyl sites for hydroxylation is 1. The predicted molar refractivity (Wildman–Crippen MR) is 62.2 cm³/mol. The van der Waals surface area contributed by atoms with Crippen LogP contribution < -0.4 is 5.32 Å². The second kappa shape index (κ2) is 5.03. The van der Waals surface area contributed by atoms with Crippen molar-refractivity contribution in [1.82, 2.24) is 10.3 Å². The number of hydrogen-bond acceptors (Lipinski definition) is 4. The van der Waals surface area contributed by atoms with E-state index >= 15 is 0 Å². The van der Waals surface area contributed by atoms with Crippen molar-refractivity contribution in [2.75, 3.05) is 7.05 Å². The van der Waals surface area contributed by atoms with Gasteiger partial charge in [-0.1, -0.05) is 24.6 Å². The predicted octanol–water partition coefficient (Wildman–Crippen LogP) is 2.61. The van der Waals surface area contributed by atoms with Crippen LogP contribution in [0.3, 0.4) is 0 Å². The zero-order chi connectivity index (χ0) is 10.7. The second-order valence-electron chi connectivity index (χ2n) is 4.09. The summed E-state index contributed by atoms with van der Waals surface area (Å²) in [5.41, 5.74) is 0.967. The van der Waals surface area contributed by atoms with Gasteiger partial charge in [0, 0.05) is 11.3 Å². The maximum Gasteiger partial charge on any atom is 0.256 e. The van der Waals surface area contributed by atoms with Gasteiger partial charge in [-0.05, 0) is 26.8 Å². The van der Waals surface area contributed by atoms with E-state index in [1.807, 2.05) is 14.0 Å². The summed E-state index contributed by atoms with van der Waals surface area (Å²) in [6.07, 6.45) is 6.92. The van der Waals surface area contributed by atoms with Crippen LogP contribution in [0.25, 0.3) is 0 Å². The minimum absolute atomic E-state index is 0.607. The molecule has 1 saturated carbocycles. The van der Waals surface area contributed by atoms with Crippen LogP contribution in [0.1, 0.15) is 31.4 Å². The number of oxazole rings is 1. The maximum atomic E-state index is 5.38. The number of hydrogen-bond donors (Lipinski definition) is 1. The molecule has 1 heterocycles. The molecule has 1 N–H and O–H groups in total. The average Bonchev–Trinajstić information content (AvgIpc) is 2.65. The van der Waals surface area contributed by atoms with Gasteiger partial charge in [0.1, 0.15) is 6.26 Å². The zero-order valence-corrected chi connectivity index (χ0v) is 10.1. The molecule has 2 rings (SSSR count). The highest BCUT2D eigenvalue weighted by Gasteiger charge is 2.25. The summed E-state index contributed by atoms with van der Waals surface area (Å²) in [4.78, 5) is 4.34. The molecule has 2 unspecified atom stereocenters. The summed E-state index contributed by atoms with van der Waals surface area (Å²) in [5, 5.41) is 4.82. The normalized spacial score (nSPS) is 26.8. The van der Waals surface area contributed by atoms with Gasteiger partial charge >= 0.3 is 0 Å². The van der Waals surface area contributed by atoms with Gasteiger partial charge in [-0.25, -0.2) is 4.98 Å². The Bertz CT molecular complexity index is 313. The minimum atomic E-state index is 0.607. The molecule has 84 valence electrons. The molecule has 0 amide bonds. The van der Waals surface area contributed by atoms with Crippen LogP contribution in [-0.2, 0) is 0 Å². The number of nitrogens with zero attached hydrogens (tertiary/aromatic N) is 1. The van der Waals surface area contributed by atoms with Crippen molar-refractivity contribution in [3.63, 3.8) is 0 Å². The third-order valence-corrected chi connectivity index (χ3v) is 4.18. The number of nitrogens with one attached hydrogen (secondary N) is 1. The Hall–Kier alpha value is -0.480. The Morgan fingerprint density at radius 1 is 1.47 bits per heavy atom. The largest absolute Gasteiger partial charge is 0.440 e. The molecular weight excluding hydrogens is 208 g/mol. The first-order valence-electron chi connectivity index (χ1n) is 5.55. The second-order valence-corrected chi connectivity index (χ2v) is 5.28. The lowest BCUT2D eigenvalue weighted by Crippen LogP contribution is -2.38. The summed E-state index contributed by atoms with van der Waals surface area (Å²) >= 11 is 1.78. The van der Waals surface area contributed by atoms with E-state index in [1.165, 1.54) is 25.7 Å². The highest BCUT2D eigenvalue weighted by atomic mass is 32.2. The van der Waals surface area contributed by atoms with Crippen molar-refractivity contribution >= 4 is 11.8 Å². The lowest BCUT2D eigenvalue weighted by atomic mass is 9.95. The molecule has 0 aliphatic heterocycles. The first-order chi connectivity index (χ1) is 7.29. The molecule has 2 atom stereocenters. The van der Waals surface area contributed by atoms with Crippen molar-refractivity contribution in [2.45, 2.75) is 49.1 Å². The molecule has 0 radical (unpaired) electrons. The summed E-state index contributed by atoms with van der Waals surface area (Å²) in [7, 11) is 2.05. The zero-order valence-electron chi connectivity index (χ0n) is 9.32. The van der Waals surface area contributed by atoms with Crippen molar-refractivity contribution < 1.29 is 4.42 Å². The summed E-state index contributed by atoms with van der Waals surface area (Å²) < 4.78 is 5.38. The smallest absolute Gasteiger partial charge is 0.256 e. The summed E-state index contributed by atoms with van der Waals surface area (Å²) in [6.45, 7) is 1.96. The molecule has 4 heteroatoms. The number of rotatable bonds is 3. The number of thioether (sulfide) groups is 1. The molecule has 0 saturated heterocycles. The SMILES string of the molecule is CNC1CCCCC1Sc1nc(C)co1. The van der Waals surface area contributed by atoms with E-state index < -0.39 is 0 Å². The van der Waals surface area contributed by atoms with E-state index in [0.29, 0.717) is 11.3 Å². The first kappa shape index (κ1) is 11.0. The Labute approximate surface area is 95.0 Å². The van der Waals surface area contributed by atoms with Crippen LogP contribution in [-0.4, -0.2) is 23.3 Å². The molecule has 3 nitrogen and oxygen atoms in total. The Balaban J connectivity index is 1.97. The van der Waals surface area contributed by atoms with Gasteiger partial charge < -0.3 is 9.73 Å². The third kappa shape index (κ3) is 2.75. The van der Waals surface area contributed by atoms with E-state index in [9.17, 15) is 0 Å². The highest BCUT2D eigenvalue weighted by Crippen LogP contribution is 2.33. The molecule has 1 fully saturated rings. The van der Waals surface area contributed by atoms with Crippen LogP contribution in [0.15, 0.2) is 15.9 Å². The Morgan fingerprint density at radius 3 is 2.93 bits per heavy atom. The van der Waals surface area contributed by atoms with Crippen molar-refractivity contribution in [2.24, 2.45) is 0 Å². The van der Waals surface area contributed by atoms with Crippen LogP contribution in [0.4, 0.5) is 0 Å². The van der Waals surface area contributed by atoms with E-state index in [1.54, 1.807) is 18.0 Å². The van der Waals surface area contributed by atoms with Gasteiger partial charge in [-0.2, -0.15) is 0 Å². The molecule has 0 spiro atoms. The monoisotopic (exact) mass is 226 g/mol. The first-order valence-corrected chi connectivity index (χ1v) is 6.43. The molecule has 0 aromatic carbocycles. The lowest BCUT2D eigenvalue weighted by Gasteiger charge is -2.29. The fraction of sp³-hybridized carbons (Fsp3) is 0.727. The van der Waals surface area contributed by atoms with Gasteiger partial charge in [-0.15, -0.1) is 0 Å². The van der Waals surface area contributed by atoms with E-state index in [-0.39, 0.29) is 0 Å². The Kier molecular flexibility index (Phi) is 3.70. The molecule has 0 bridgehead atoms. The van der Waals surface area contributed by atoms with Gasteiger partial charge in [-0.3, -0.25) is 0 Å². The van der Waals surface area contributed by atoms with Crippen molar-refractivity contribution in [3.05, 3.63) is 12.0 Å². The average molecular weight is 226 g/mol. The van der Waals surface area contributed by atoms with E-state index in [0.717, 1.165) is 10.9 Å². The van der Waals surface area contributed by atoms with E-state index in [2.05, 4.69) is 10.3 Å². The van der Waals surface area contributed by atoms with Crippen molar-refractivity contribution in [1.29, 1.82) is 0 Å². The minimum Gasteiger partial charge on any atom is -0.440 e. The third-order valence-electron chi connectivity index (χ3n) is 2.92. The summed E-state index contributed by atoms with van der Waals surface area (Å²) in [5.74, 6) is 0. The van der Waals surface area contributed by atoms with Crippen LogP contribution in [0.2, 0.25) is 0 Å². The molecule has 1 aromatic rings. The van der Waals surface area contributed by atoms with Gasteiger partial charge in [0.2, 0.25) is 0 Å². The van der Waals surface area contributed by atoms with Crippen LogP contribution in [0, 0.1) is 6.92 Å². The molecule has 1 aromatic heterocycles. The molecule has 1 aliphatic carbocycles. The maximum absolute atomic E-state index is 5.38. The molecule has 15 heavy (non-hydrogen) atoms. The van der Waals surface area contributed by atoms with Gasteiger partial charge in [0.05, 0.1) is 5.69 Å². The topological polar surface area (TPSA) is 38.1 Å². The molecular formula is C11H18N2OS. The lowest BCUT2D eigenvalue weighted by molar-refractivity contribution is 0.398. The van der Waals surface area contributed by atoms with Gasteiger partial charge in [0.25, 0.3) is 5.22 Å². The van der Waals surface area contributed by atoms with Crippen LogP contribution in [0.5, 0.6) is 0 Å². The molecule has 1 aliphatic rings. The highest BCUT2D eigenvalue weighted by molar-refractivity contribution is 7.99. The standard InChI is InChI=1S/C11H18N2OS/c1-8-7-14-11(13-8)15-10-6-4-3-5-9(10)12-2/h7,9-10,12H,3-6H2,1-2H3.